The van der Waals surface area contributed by atoms with Gasteiger partial charge in [-0.05, 0) is 25.1 Å². The number of benzene rings is 1. The lowest BCUT2D eigenvalue weighted by molar-refractivity contribution is 0.102. The lowest BCUT2D eigenvalue weighted by atomic mass is 10.3. The van der Waals surface area contributed by atoms with Crippen molar-refractivity contribution in [2.45, 2.75) is 6.92 Å². The molecule has 1 N–H and O–H groups in total. The number of hydrogen-bond donors (Lipinski definition) is 1. The standard InChI is InChI=1S/C12H10BrN3O/c1-8-14-6-9(7-15-8)12(17)16-11-4-2-3-10(13)5-11/h2-7H,1H3,(H,16,17). The molecule has 17 heavy (non-hydrogen) atoms. The first kappa shape index (κ1) is 11.7. The molecule has 0 unspecified atom stereocenters. The van der Waals surface area contributed by atoms with Crippen LogP contribution in [0.5, 0.6) is 0 Å². The lowest BCUT2D eigenvalue weighted by Crippen LogP contribution is -2.12. The maximum absolute atomic E-state index is 11.8. The van der Waals surface area contributed by atoms with Crippen LogP contribution in [0.15, 0.2) is 41.1 Å². The van der Waals surface area contributed by atoms with Gasteiger partial charge < -0.3 is 5.32 Å². The minimum absolute atomic E-state index is 0.219. The van der Waals surface area contributed by atoms with Gasteiger partial charge in [-0.15, -0.1) is 0 Å². The van der Waals surface area contributed by atoms with Crippen LogP contribution >= 0.6 is 15.9 Å². The number of amides is 1. The normalized spacial score (nSPS) is 10.0. The number of carbonyl (C=O) groups excluding carboxylic acids is 1. The van der Waals surface area contributed by atoms with Crippen molar-refractivity contribution in [3.05, 3.63) is 52.5 Å². The molecule has 0 radical (unpaired) electrons. The van der Waals surface area contributed by atoms with E-state index in [0.29, 0.717) is 11.4 Å². The van der Waals surface area contributed by atoms with Crippen LogP contribution in [-0.4, -0.2) is 15.9 Å². The van der Waals surface area contributed by atoms with Gasteiger partial charge in [0.25, 0.3) is 5.91 Å². The van der Waals surface area contributed by atoms with Gasteiger partial charge in [0, 0.05) is 22.6 Å². The average molecular weight is 292 g/mol. The first-order chi connectivity index (χ1) is 8.15. The Morgan fingerprint density at radius 2 is 2.00 bits per heavy atom. The van der Waals surface area contributed by atoms with E-state index in [0.717, 1.165) is 10.2 Å². The van der Waals surface area contributed by atoms with Crippen molar-refractivity contribution < 1.29 is 4.79 Å². The minimum Gasteiger partial charge on any atom is -0.322 e. The fourth-order valence-corrected chi connectivity index (χ4v) is 1.68. The number of anilines is 1. The molecule has 1 aromatic heterocycles. The fourth-order valence-electron chi connectivity index (χ4n) is 1.28. The summed E-state index contributed by atoms with van der Waals surface area (Å²) in [6.45, 7) is 1.77. The Bertz CT molecular complexity index is 540. The van der Waals surface area contributed by atoms with Crippen molar-refractivity contribution in [2.24, 2.45) is 0 Å². The SMILES string of the molecule is Cc1ncc(C(=O)Nc2cccc(Br)c2)cn1. The Morgan fingerprint density at radius 3 is 2.65 bits per heavy atom. The molecule has 2 rings (SSSR count). The summed E-state index contributed by atoms with van der Waals surface area (Å²) >= 11 is 3.34. The second kappa shape index (κ2) is 5.05. The molecule has 2 aromatic rings. The molecule has 0 aliphatic heterocycles. The van der Waals surface area contributed by atoms with Crippen molar-refractivity contribution in [1.29, 1.82) is 0 Å². The molecule has 0 spiro atoms. The van der Waals surface area contributed by atoms with Crippen LogP contribution in [0.25, 0.3) is 0 Å². The topological polar surface area (TPSA) is 54.9 Å². The Balaban J connectivity index is 2.14. The Hall–Kier alpha value is -1.75. The van der Waals surface area contributed by atoms with Gasteiger partial charge in [0.2, 0.25) is 0 Å². The average Bonchev–Trinajstić information content (AvgIpc) is 2.29. The molecule has 1 aromatic carbocycles. The number of hydrogen-bond acceptors (Lipinski definition) is 3. The van der Waals surface area contributed by atoms with Crippen LogP contribution in [-0.2, 0) is 0 Å². The predicted molar refractivity (Wildman–Crippen MR) is 68.9 cm³/mol. The second-order valence-electron chi connectivity index (χ2n) is 3.48. The van der Waals surface area contributed by atoms with E-state index in [1.54, 1.807) is 6.92 Å². The molecule has 5 heteroatoms. The maximum Gasteiger partial charge on any atom is 0.258 e. The van der Waals surface area contributed by atoms with E-state index in [1.165, 1.54) is 12.4 Å². The number of carbonyl (C=O) groups is 1. The van der Waals surface area contributed by atoms with Gasteiger partial charge in [-0.3, -0.25) is 4.79 Å². The van der Waals surface area contributed by atoms with Gasteiger partial charge in [0.15, 0.2) is 0 Å². The van der Waals surface area contributed by atoms with E-state index < -0.39 is 0 Å². The van der Waals surface area contributed by atoms with Crippen molar-refractivity contribution in [2.75, 3.05) is 5.32 Å². The van der Waals surface area contributed by atoms with Crippen molar-refractivity contribution in [1.82, 2.24) is 9.97 Å². The molecule has 0 saturated carbocycles. The molecule has 0 fully saturated rings. The van der Waals surface area contributed by atoms with Gasteiger partial charge >= 0.3 is 0 Å². The predicted octanol–water partition coefficient (Wildman–Crippen LogP) is 2.80. The maximum atomic E-state index is 11.8. The molecule has 0 aliphatic carbocycles. The van der Waals surface area contributed by atoms with Crippen molar-refractivity contribution in [3.8, 4) is 0 Å². The molecule has 0 bridgehead atoms. The summed E-state index contributed by atoms with van der Waals surface area (Å²) in [7, 11) is 0. The van der Waals surface area contributed by atoms with E-state index in [-0.39, 0.29) is 5.91 Å². The number of halogens is 1. The zero-order chi connectivity index (χ0) is 12.3. The number of nitrogens with one attached hydrogen (secondary N) is 1. The summed E-state index contributed by atoms with van der Waals surface area (Å²) in [5.41, 5.74) is 1.17. The minimum atomic E-state index is -0.219. The van der Waals surface area contributed by atoms with Crippen LogP contribution < -0.4 is 5.32 Å². The summed E-state index contributed by atoms with van der Waals surface area (Å²) in [6.07, 6.45) is 3.02. The zero-order valence-electron chi connectivity index (χ0n) is 9.14. The van der Waals surface area contributed by atoms with Gasteiger partial charge in [0.05, 0.1) is 5.56 Å². The molecule has 1 amide bonds. The van der Waals surface area contributed by atoms with Crippen LogP contribution in [0.3, 0.4) is 0 Å². The Kier molecular flexibility index (Phi) is 3.49. The van der Waals surface area contributed by atoms with Crippen LogP contribution in [0.1, 0.15) is 16.2 Å². The summed E-state index contributed by atoms with van der Waals surface area (Å²) in [4.78, 5) is 19.8. The molecule has 1 heterocycles. The summed E-state index contributed by atoms with van der Waals surface area (Å²) in [6, 6.07) is 7.39. The summed E-state index contributed by atoms with van der Waals surface area (Å²) < 4.78 is 0.912. The van der Waals surface area contributed by atoms with Crippen LogP contribution in [0, 0.1) is 6.92 Å². The number of aromatic nitrogens is 2. The van der Waals surface area contributed by atoms with Crippen LogP contribution in [0.4, 0.5) is 5.69 Å². The fraction of sp³-hybridized carbons (Fsp3) is 0.0833. The second-order valence-corrected chi connectivity index (χ2v) is 4.40. The number of aryl methyl sites for hydroxylation is 1. The Labute approximate surface area is 107 Å². The van der Waals surface area contributed by atoms with E-state index >= 15 is 0 Å². The Morgan fingerprint density at radius 1 is 1.29 bits per heavy atom. The highest BCUT2D eigenvalue weighted by molar-refractivity contribution is 9.10. The highest BCUT2D eigenvalue weighted by atomic mass is 79.9. The number of nitrogens with zero attached hydrogens (tertiary/aromatic N) is 2. The van der Waals surface area contributed by atoms with Gasteiger partial charge in [-0.25, -0.2) is 9.97 Å². The highest BCUT2D eigenvalue weighted by Gasteiger charge is 2.06. The third kappa shape index (κ3) is 3.10. The first-order valence-electron chi connectivity index (χ1n) is 5.01. The summed E-state index contributed by atoms with van der Waals surface area (Å²) in [5.74, 6) is 0.423. The number of rotatable bonds is 2. The van der Waals surface area contributed by atoms with E-state index in [4.69, 9.17) is 0 Å². The third-order valence-electron chi connectivity index (χ3n) is 2.13. The molecule has 0 aliphatic rings. The van der Waals surface area contributed by atoms with Crippen molar-refractivity contribution in [3.63, 3.8) is 0 Å². The quantitative estimate of drug-likeness (QED) is 0.926. The zero-order valence-corrected chi connectivity index (χ0v) is 10.7. The van der Waals surface area contributed by atoms with Crippen molar-refractivity contribution >= 4 is 27.5 Å². The van der Waals surface area contributed by atoms with E-state index in [9.17, 15) is 4.79 Å². The molecule has 86 valence electrons. The molecule has 4 nitrogen and oxygen atoms in total. The van der Waals surface area contributed by atoms with Gasteiger partial charge in [-0.2, -0.15) is 0 Å². The molecular weight excluding hydrogens is 282 g/mol. The largest absolute Gasteiger partial charge is 0.322 e. The van der Waals surface area contributed by atoms with E-state index in [2.05, 4.69) is 31.2 Å². The summed E-state index contributed by atoms with van der Waals surface area (Å²) in [5, 5.41) is 2.77. The van der Waals surface area contributed by atoms with Crippen LogP contribution in [0.2, 0.25) is 0 Å². The first-order valence-corrected chi connectivity index (χ1v) is 5.80. The molecule has 0 saturated heterocycles. The smallest absolute Gasteiger partial charge is 0.258 e. The van der Waals surface area contributed by atoms with Gasteiger partial charge in [-0.1, -0.05) is 22.0 Å². The third-order valence-corrected chi connectivity index (χ3v) is 2.62. The monoisotopic (exact) mass is 291 g/mol. The van der Waals surface area contributed by atoms with E-state index in [1.807, 2.05) is 24.3 Å². The highest BCUT2D eigenvalue weighted by Crippen LogP contribution is 2.16. The lowest BCUT2D eigenvalue weighted by Gasteiger charge is -2.05. The molecular formula is C12H10BrN3O. The molecule has 0 atom stereocenters. The van der Waals surface area contributed by atoms with Gasteiger partial charge in [0.1, 0.15) is 5.82 Å².